The second-order valence-corrected chi connectivity index (χ2v) is 3.76. The largest absolute Gasteiger partial charge is 0.465 e. The van der Waals surface area contributed by atoms with Gasteiger partial charge in [-0.2, -0.15) is 0 Å². The van der Waals surface area contributed by atoms with Gasteiger partial charge in [0, 0.05) is 0 Å². The van der Waals surface area contributed by atoms with Crippen LogP contribution in [0.2, 0.25) is 0 Å². The lowest BCUT2D eigenvalue weighted by Gasteiger charge is -2.13. The number of ether oxygens (including phenoxy) is 1. The summed E-state index contributed by atoms with van der Waals surface area (Å²) in [6.45, 7) is 5.88. The van der Waals surface area contributed by atoms with Gasteiger partial charge in [0.25, 0.3) is 0 Å². The Morgan fingerprint density at radius 3 is 2.38 bits per heavy atom. The van der Waals surface area contributed by atoms with Crippen molar-refractivity contribution in [2.24, 2.45) is 11.7 Å². The topological polar surface area (TPSA) is 81.4 Å². The quantitative estimate of drug-likeness (QED) is 0.704. The van der Waals surface area contributed by atoms with Gasteiger partial charge >= 0.3 is 5.97 Å². The van der Waals surface area contributed by atoms with E-state index in [0.29, 0.717) is 18.9 Å². The van der Waals surface area contributed by atoms with E-state index in [9.17, 15) is 9.59 Å². The lowest BCUT2D eigenvalue weighted by atomic mass is 10.0. The molecule has 3 N–H and O–H groups in total. The highest BCUT2D eigenvalue weighted by molar-refractivity contribution is 8.93. The number of nitrogens with two attached hydrogens (primary N) is 1. The molecule has 0 heterocycles. The van der Waals surface area contributed by atoms with E-state index in [0.717, 1.165) is 0 Å². The zero-order valence-electron chi connectivity index (χ0n) is 9.99. The fourth-order valence-electron chi connectivity index (χ4n) is 1.12. The Morgan fingerprint density at radius 1 is 1.38 bits per heavy atom. The molecule has 0 bridgehead atoms. The number of halogens is 1. The Bertz CT molecular complexity index is 222. The lowest BCUT2D eigenvalue weighted by molar-refractivity contribution is -0.143. The van der Waals surface area contributed by atoms with Crippen LogP contribution in [0.1, 0.15) is 27.2 Å². The summed E-state index contributed by atoms with van der Waals surface area (Å²) in [5, 5.41) is 2.43. The van der Waals surface area contributed by atoms with Gasteiger partial charge in [0.05, 0.1) is 12.6 Å². The molecule has 5 nitrogen and oxygen atoms in total. The molecule has 0 saturated carbocycles. The van der Waals surface area contributed by atoms with E-state index in [4.69, 9.17) is 5.73 Å². The van der Waals surface area contributed by atoms with Gasteiger partial charge in [-0.15, -0.1) is 17.0 Å². The van der Waals surface area contributed by atoms with Crippen LogP contribution in [0.5, 0.6) is 0 Å². The number of carbonyl (C=O) groups excluding carboxylic acids is 2. The molecule has 0 fully saturated rings. The molecule has 0 aromatic carbocycles. The van der Waals surface area contributed by atoms with Crippen LogP contribution in [0.15, 0.2) is 0 Å². The molecule has 0 spiro atoms. The van der Waals surface area contributed by atoms with Gasteiger partial charge < -0.3 is 15.8 Å². The van der Waals surface area contributed by atoms with Gasteiger partial charge in [-0.1, -0.05) is 13.8 Å². The number of hydrogen-bond donors (Lipinski definition) is 2. The van der Waals surface area contributed by atoms with Gasteiger partial charge in [-0.3, -0.25) is 9.59 Å². The molecule has 0 aliphatic carbocycles. The third-order valence-electron chi connectivity index (χ3n) is 1.77. The first kappa shape index (κ1) is 17.8. The second kappa shape index (κ2) is 9.59. The molecule has 0 saturated heterocycles. The Labute approximate surface area is 107 Å². The Morgan fingerprint density at radius 2 is 1.94 bits per heavy atom. The summed E-state index contributed by atoms with van der Waals surface area (Å²) in [4.78, 5) is 22.3. The highest BCUT2D eigenvalue weighted by Gasteiger charge is 2.15. The van der Waals surface area contributed by atoms with Crippen molar-refractivity contribution in [1.29, 1.82) is 0 Å². The van der Waals surface area contributed by atoms with Crippen LogP contribution >= 0.6 is 17.0 Å². The normalized spacial score (nSPS) is 11.6. The third-order valence-corrected chi connectivity index (χ3v) is 1.77. The molecule has 0 rings (SSSR count). The summed E-state index contributed by atoms with van der Waals surface area (Å²) in [6.07, 6.45) is 0.606. The molecule has 16 heavy (non-hydrogen) atoms. The number of nitrogens with one attached hydrogen (secondary N) is 1. The standard InChI is InChI=1S/C10H20N2O3.BrH/c1-4-15-9(13)6-12-10(14)8(11)5-7(2)3;/h7-8H,4-6,11H2,1-3H3,(H,12,14);1H/t8-;/m0./s1. The number of esters is 1. The van der Waals surface area contributed by atoms with Crippen LogP contribution in [0.25, 0.3) is 0 Å². The van der Waals surface area contributed by atoms with Crippen LogP contribution in [0, 0.1) is 5.92 Å². The lowest BCUT2D eigenvalue weighted by Crippen LogP contribution is -2.43. The van der Waals surface area contributed by atoms with E-state index in [2.05, 4.69) is 10.1 Å². The predicted octanol–water partition coefficient (Wildman–Crippen LogP) is 0.617. The molecule has 1 amide bonds. The summed E-state index contributed by atoms with van der Waals surface area (Å²) in [5.41, 5.74) is 5.61. The average Bonchev–Trinajstić information content (AvgIpc) is 2.13. The highest BCUT2D eigenvalue weighted by atomic mass is 79.9. The van der Waals surface area contributed by atoms with Gasteiger partial charge in [0.15, 0.2) is 0 Å². The summed E-state index contributed by atoms with van der Waals surface area (Å²) >= 11 is 0. The maximum absolute atomic E-state index is 11.3. The maximum Gasteiger partial charge on any atom is 0.325 e. The molecular formula is C10H21BrN2O3. The third kappa shape index (κ3) is 8.67. The minimum absolute atomic E-state index is 0. The van der Waals surface area contributed by atoms with Crippen molar-refractivity contribution in [3.63, 3.8) is 0 Å². The monoisotopic (exact) mass is 296 g/mol. The van der Waals surface area contributed by atoms with Crippen molar-refractivity contribution in [2.45, 2.75) is 33.2 Å². The maximum atomic E-state index is 11.3. The average molecular weight is 297 g/mol. The number of amides is 1. The van der Waals surface area contributed by atoms with Crippen LogP contribution in [-0.2, 0) is 14.3 Å². The van der Waals surface area contributed by atoms with E-state index in [1.54, 1.807) is 6.92 Å². The predicted molar refractivity (Wildman–Crippen MR) is 67.4 cm³/mol. The fraction of sp³-hybridized carbons (Fsp3) is 0.800. The van der Waals surface area contributed by atoms with Crippen molar-refractivity contribution in [2.75, 3.05) is 13.2 Å². The van der Waals surface area contributed by atoms with Crippen LogP contribution in [-0.4, -0.2) is 31.1 Å². The van der Waals surface area contributed by atoms with Crippen molar-refractivity contribution >= 4 is 28.9 Å². The minimum Gasteiger partial charge on any atom is -0.465 e. The summed E-state index contributed by atoms with van der Waals surface area (Å²) in [5.74, 6) is -0.396. The van der Waals surface area contributed by atoms with Crippen molar-refractivity contribution in [3.05, 3.63) is 0 Å². The number of rotatable bonds is 6. The zero-order valence-corrected chi connectivity index (χ0v) is 11.7. The molecular weight excluding hydrogens is 276 g/mol. The first-order valence-corrected chi connectivity index (χ1v) is 5.16. The summed E-state index contributed by atoms with van der Waals surface area (Å²) < 4.78 is 4.66. The molecule has 1 atom stereocenters. The molecule has 96 valence electrons. The molecule has 6 heteroatoms. The molecule has 0 aliphatic heterocycles. The fourth-order valence-corrected chi connectivity index (χ4v) is 1.12. The molecule has 0 aliphatic rings. The van der Waals surface area contributed by atoms with E-state index >= 15 is 0 Å². The van der Waals surface area contributed by atoms with E-state index in [-0.39, 0.29) is 29.4 Å². The Balaban J connectivity index is 0. The molecule has 0 unspecified atom stereocenters. The molecule has 0 aromatic rings. The summed E-state index contributed by atoms with van der Waals surface area (Å²) in [7, 11) is 0. The van der Waals surface area contributed by atoms with Gasteiger partial charge in [0.1, 0.15) is 6.54 Å². The van der Waals surface area contributed by atoms with E-state index in [1.807, 2.05) is 13.8 Å². The zero-order chi connectivity index (χ0) is 11.8. The molecule has 0 radical (unpaired) electrons. The van der Waals surface area contributed by atoms with Crippen molar-refractivity contribution in [3.8, 4) is 0 Å². The van der Waals surface area contributed by atoms with Gasteiger partial charge in [0.2, 0.25) is 5.91 Å². The van der Waals surface area contributed by atoms with Crippen molar-refractivity contribution in [1.82, 2.24) is 5.32 Å². The SMILES string of the molecule is Br.CCOC(=O)CNC(=O)[C@@H](N)CC(C)C. The number of carbonyl (C=O) groups is 2. The second-order valence-electron chi connectivity index (χ2n) is 3.76. The van der Waals surface area contributed by atoms with Gasteiger partial charge in [-0.05, 0) is 19.3 Å². The van der Waals surface area contributed by atoms with Crippen molar-refractivity contribution < 1.29 is 14.3 Å². The first-order valence-electron chi connectivity index (χ1n) is 5.16. The Hall–Kier alpha value is -0.620. The Kier molecular flexibility index (Phi) is 10.7. The van der Waals surface area contributed by atoms with Crippen LogP contribution in [0.3, 0.4) is 0 Å². The van der Waals surface area contributed by atoms with Crippen LogP contribution < -0.4 is 11.1 Å². The van der Waals surface area contributed by atoms with E-state index < -0.39 is 12.0 Å². The van der Waals surface area contributed by atoms with E-state index in [1.165, 1.54) is 0 Å². The number of hydrogen-bond acceptors (Lipinski definition) is 4. The minimum atomic E-state index is -0.556. The smallest absolute Gasteiger partial charge is 0.325 e. The first-order chi connectivity index (χ1) is 6.97. The summed E-state index contributed by atoms with van der Waals surface area (Å²) in [6, 6.07) is -0.556. The highest BCUT2D eigenvalue weighted by Crippen LogP contribution is 2.02. The van der Waals surface area contributed by atoms with Gasteiger partial charge in [-0.25, -0.2) is 0 Å². The molecule has 0 aromatic heterocycles. The van der Waals surface area contributed by atoms with Crippen LogP contribution in [0.4, 0.5) is 0 Å².